The van der Waals surface area contributed by atoms with Crippen molar-refractivity contribution in [1.29, 1.82) is 0 Å². The van der Waals surface area contributed by atoms with Crippen LogP contribution < -0.4 is 0 Å². The molecule has 0 bridgehead atoms. The normalized spacial score (nSPS) is 11.8. The Labute approximate surface area is 79.2 Å². The van der Waals surface area contributed by atoms with Crippen LogP contribution in [0.2, 0.25) is 0 Å². The van der Waals surface area contributed by atoms with Crippen LogP contribution in [-0.2, 0) is 0 Å². The minimum Gasteiger partial charge on any atom is -0.0920 e. The first kappa shape index (κ1) is 9.10. The van der Waals surface area contributed by atoms with Crippen molar-refractivity contribution in [2.75, 3.05) is 5.33 Å². The number of nitrogens with zero attached hydrogens (tertiary/aromatic N) is 3. The Morgan fingerprint density at radius 1 is 1.42 bits per heavy atom. The molecule has 1 rings (SSSR count). The molecule has 1 atom stereocenters. The molecule has 0 aromatic heterocycles. The fraction of sp³-hybridized carbons (Fsp3) is 0.250. The molecule has 0 aliphatic carbocycles. The zero-order chi connectivity index (χ0) is 8.81. The molecule has 0 spiro atoms. The summed E-state index contributed by atoms with van der Waals surface area (Å²) in [4.78, 5) is 2.78. The van der Waals surface area contributed by atoms with Crippen molar-refractivity contribution >= 4 is 15.9 Å². The Kier molecular flexibility index (Phi) is 3.64. The molecule has 0 saturated heterocycles. The van der Waals surface area contributed by atoms with Crippen LogP contribution in [0.1, 0.15) is 11.6 Å². The van der Waals surface area contributed by atoms with Gasteiger partial charge in [0.25, 0.3) is 0 Å². The van der Waals surface area contributed by atoms with Gasteiger partial charge in [-0.15, -0.1) is 0 Å². The van der Waals surface area contributed by atoms with E-state index in [9.17, 15) is 0 Å². The van der Waals surface area contributed by atoms with Crippen LogP contribution in [0, 0.1) is 0 Å². The SMILES string of the molecule is [N-]=[N+]=N[C@H](CBr)c1ccccc1. The second-order valence-corrected chi connectivity index (χ2v) is 2.93. The van der Waals surface area contributed by atoms with E-state index < -0.39 is 0 Å². The zero-order valence-corrected chi connectivity index (χ0v) is 7.98. The van der Waals surface area contributed by atoms with E-state index in [1.807, 2.05) is 30.3 Å². The number of hydrogen-bond donors (Lipinski definition) is 0. The summed E-state index contributed by atoms with van der Waals surface area (Å²) in [5, 5.41) is 4.30. The number of hydrogen-bond acceptors (Lipinski definition) is 1. The summed E-state index contributed by atoms with van der Waals surface area (Å²) in [5.41, 5.74) is 9.30. The maximum atomic E-state index is 8.27. The molecular weight excluding hydrogens is 218 g/mol. The minimum atomic E-state index is -0.101. The van der Waals surface area contributed by atoms with E-state index in [1.165, 1.54) is 0 Å². The topological polar surface area (TPSA) is 48.8 Å². The van der Waals surface area contributed by atoms with Crippen LogP contribution in [0.15, 0.2) is 35.4 Å². The molecule has 1 aromatic carbocycles. The summed E-state index contributed by atoms with van der Waals surface area (Å²) in [7, 11) is 0. The van der Waals surface area contributed by atoms with Crippen molar-refractivity contribution in [2.24, 2.45) is 5.11 Å². The largest absolute Gasteiger partial charge is 0.0920 e. The van der Waals surface area contributed by atoms with Crippen molar-refractivity contribution in [2.45, 2.75) is 6.04 Å². The third kappa shape index (κ3) is 2.26. The van der Waals surface area contributed by atoms with Crippen molar-refractivity contribution in [3.8, 4) is 0 Å². The lowest BCUT2D eigenvalue weighted by Crippen LogP contribution is -1.94. The van der Waals surface area contributed by atoms with E-state index in [0.717, 1.165) is 5.56 Å². The molecule has 0 aliphatic rings. The van der Waals surface area contributed by atoms with Gasteiger partial charge in [-0.25, -0.2) is 0 Å². The van der Waals surface area contributed by atoms with Crippen LogP contribution in [0.3, 0.4) is 0 Å². The molecule has 0 amide bonds. The third-order valence-corrected chi connectivity index (χ3v) is 2.13. The highest BCUT2D eigenvalue weighted by Gasteiger charge is 2.05. The number of halogens is 1. The average Bonchev–Trinajstić information content (AvgIpc) is 2.15. The van der Waals surface area contributed by atoms with Gasteiger partial charge in [0.2, 0.25) is 0 Å². The van der Waals surface area contributed by atoms with Crippen LogP contribution >= 0.6 is 15.9 Å². The molecule has 0 aliphatic heterocycles. The monoisotopic (exact) mass is 225 g/mol. The lowest BCUT2D eigenvalue weighted by atomic mass is 10.1. The molecule has 0 radical (unpaired) electrons. The van der Waals surface area contributed by atoms with Crippen LogP contribution in [-0.4, -0.2) is 5.33 Å². The smallest absolute Gasteiger partial charge is 0.0722 e. The van der Waals surface area contributed by atoms with Gasteiger partial charge >= 0.3 is 0 Å². The molecule has 0 unspecified atom stereocenters. The lowest BCUT2D eigenvalue weighted by molar-refractivity contribution is 0.827. The van der Waals surface area contributed by atoms with Crippen molar-refractivity contribution in [3.05, 3.63) is 46.3 Å². The predicted octanol–water partition coefficient (Wildman–Crippen LogP) is 3.43. The van der Waals surface area contributed by atoms with Gasteiger partial charge in [0.15, 0.2) is 0 Å². The fourth-order valence-corrected chi connectivity index (χ4v) is 1.43. The van der Waals surface area contributed by atoms with E-state index in [4.69, 9.17) is 5.53 Å². The number of rotatable bonds is 3. The Bertz CT molecular complexity index is 280. The van der Waals surface area contributed by atoms with Gasteiger partial charge in [0.05, 0.1) is 6.04 Å². The molecule has 62 valence electrons. The molecule has 0 N–H and O–H groups in total. The first-order valence-corrected chi connectivity index (χ1v) is 4.65. The lowest BCUT2D eigenvalue weighted by Gasteiger charge is -2.05. The van der Waals surface area contributed by atoms with E-state index in [1.54, 1.807) is 0 Å². The van der Waals surface area contributed by atoms with Gasteiger partial charge in [-0.3, -0.25) is 0 Å². The minimum absolute atomic E-state index is 0.101. The Morgan fingerprint density at radius 2 is 2.08 bits per heavy atom. The van der Waals surface area contributed by atoms with E-state index >= 15 is 0 Å². The van der Waals surface area contributed by atoms with Crippen LogP contribution in [0.25, 0.3) is 10.4 Å². The summed E-state index contributed by atoms with van der Waals surface area (Å²) in [6.45, 7) is 0. The summed E-state index contributed by atoms with van der Waals surface area (Å²) in [5.74, 6) is 0. The first-order valence-electron chi connectivity index (χ1n) is 3.53. The molecule has 4 heteroatoms. The van der Waals surface area contributed by atoms with Gasteiger partial charge in [-0.05, 0) is 11.1 Å². The summed E-state index contributed by atoms with van der Waals surface area (Å²) < 4.78 is 0. The molecular formula is C8H8BrN3. The molecule has 3 nitrogen and oxygen atoms in total. The molecule has 1 aromatic rings. The van der Waals surface area contributed by atoms with Gasteiger partial charge in [-0.2, -0.15) is 0 Å². The average molecular weight is 226 g/mol. The quantitative estimate of drug-likeness (QED) is 0.328. The summed E-state index contributed by atoms with van der Waals surface area (Å²) in [6, 6.07) is 9.58. The second-order valence-electron chi connectivity index (χ2n) is 2.29. The predicted molar refractivity (Wildman–Crippen MR) is 52.1 cm³/mol. The standard InChI is InChI=1S/C8H8BrN3/c9-6-8(11-12-10)7-4-2-1-3-5-7/h1-5,8H,6H2/t8-/m1/s1. The first-order chi connectivity index (χ1) is 5.88. The molecule has 0 fully saturated rings. The van der Waals surface area contributed by atoms with Gasteiger partial charge < -0.3 is 0 Å². The summed E-state index contributed by atoms with van der Waals surface area (Å²) >= 11 is 3.29. The Hall–Kier alpha value is -0.990. The number of azide groups is 1. The Balaban J connectivity index is 2.87. The van der Waals surface area contributed by atoms with Gasteiger partial charge in [0.1, 0.15) is 0 Å². The van der Waals surface area contributed by atoms with Gasteiger partial charge in [-0.1, -0.05) is 51.4 Å². The fourth-order valence-electron chi connectivity index (χ4n) is 0.924. The maximum Gasteiger partial charge on any atom is 0.0722 e. The van der Waals surface area contributed by atoms with E-state index in [0.29, 0.717) is 5.33 Å². The van der Waals surface area contributed by atoms with Gasteiger partial charge in [0, 0.05) is 10.2 Å². The van der Waals surface area contributed by atoms with E-state index in [2.05, 4.69) is 26.0 Å². The van der Waals surface area contributed by atoms with Crippen LogP contribution in [0.4, 0.5) is 0 Å². The van der Waals surface area contributed by atoms with Crippen molar-refractivity contribution < 1.29 is 0 Å². The maximum absolute atomic E-state index is 8.27. The molecule has 0 saturated carbocycles. The van der Waals surface area contributed by atoms with Crippen molar-refractivity contribution in [3.63, 3.8) is 0 Å². The zero-order valence-electron chi connectivity index (χ0n) is 6.39. The molecule has 0 heterocycles. The highest BCUT2D eigenvalue weighted by Crippen LogP contribution is 2.18. The number of benzene rings is 1. The van der Waals surface area contributed by atoms with E-state index in [-0.39, 0.29) is 6.04 Å². The highest BCUT2D eigenvalue weighted by atomic mass is 79.9. The molecule has 12 heavy (non-hydrogen) atoms. The van der Waals surface area contributed by atoms with Crippen molar-refractivity contribution in [1.82, 2.24) is 0 Å². The summed E-state index contributed by atoms with van der Waals surface area (Å²) in [6.07, 6.45) is 0. The second kappa shape index (κ2) is 4.80. The van der Waals surface area contributed by atoms with Crippen LogP contribution in [0.5, 0.6) is 0 Å². The third-order valence-electron chi connectivity index (χ3n) is 1.52. The highest BCUT2D eigenvalue weighted by molar-refractivity contribution is 9.09. The number of alkyl halides is 1. The Morgan fingerprint density at radius 3 is 2.58 bits per heavy atom.